The van der Waals surface area contributed by atoms with Crippen molar-refractivity contribution in [1.82, 2.24) is 15.0 Å². The van der Waals surface area contributed by atoms with Crippen molar-refractivity contribution in [3.63, 3.8) is 0 Å². The van der Waals surface area contributed by atoms with E-state index in [0.717, 1.165) is 18.1 Å². The van der Waals surface area contributed by atoms with E-state index in [-0.39, 0.29) is 23.1 Å². The van der Waals surface area contributed by atoms with Crippen LogP contribution in [0, 0.1) is 5.82 Å². The van der Waals surface area contributed by atoms with Gasteiger partial charge in [-0.2, -0.15) is 0 Å². The van der Waals surface area contributed by atoms with Crippen molar-refractivity contribution in [2.24, 2.45) is 0 Å². The van der Waals surface area contributed by atoms with Gasteiger partial charge in [-0.1, -0.05) is 6.92 Å². The molecule has 198 valence electrons. The van der Waals surface area contributed by atoms with Crippen LogP contribution in [0.5, 0.6) is 11.5 Å². The number of halogens is 2. The summed E-state index contributed by atoms with van der Waals surface area (Å²) in [6.07, 6.45) is 6.55. The largest absolute Gasteiger partial charge is 0.491 e. The number of hydrogen-bond donors (Lipinski definition) is 0. The Labute approximate surface area is 215 Å². The Morgan fingerprint density at radius 1 is 1.11 bits per heavy atom. The molecule has 0 radical (unpaired) electrons. The minimum absolute atomic E-state index is 0.0552. The minimum Gasteiger partial charge on any atom is -0.491 e. The van der Waals surface area contributed by atoms with Crippen molar-refractivity contribution in [2.75, 3.05) is 36.3 Å². The van der Waals surface area contributed by atoms with Crippen molar-refractivity contribution in [2.45, 2.75) is 43.5 Å². The quantitative estimate of drug-likeness (QED) is 0.398. The lowest BCUT2D eigenvalue weighted by Gasteiger charge is -2.40. The first-order valence-corrected chi connectivity index (χ1v) is 13.7. The number of sulfone groups is 1. The Kier molecular flexibility index (Phi) is 8.06. The predicted octanol–water partition coefficient (Wildman–Crippen LogP) is 4.31. The number of pyridine rings is 1. The van der Waals surface area contributed by atoms with Gasteiger partial charge < -0.3 is 19.3 Å². The van der Waals surface area contributed by atoms with Crippen LogP contribution in [0.3, 0.4) is 0 Å². The molecule has 1 atom stereocenters. The van der Waals surface area contributed by atoms with Crippen molar-refractivity contribution in [1.29, 1.82) is 0 Å². The summed E-state index contributed by atoms with van der Waals surface area (Å²) < 4.78 is 62.3. The second-order valence-electron chi connectivity index (χ2n) is 8.68. The van der Waals surface area contributed by atoms with Gasteiger partial charge in [-0.05, 0) is 37.1 Å². The highest BCUT2D eigenvalue weighted by Gasteiger charge is 2.30. The Morgan fingerprint density at radius 3 is 2.32 bits per heavy atom. The average molecular weight is 534 g/mol. The lowest BCUT2D eigenvalue weighted by molar-refractivity contribution is 0.0642. The Bertz CT molecular complexity index is 1300. The van der Waals surface area contributed by atoms with Crippen LogP contribution in [-0.4, -0.2) is 62.2 Å². The smallest absolute Gasteiger partial charge is 0.238 e. The first kappa shape index (κ1) is 26.5. The topological polar surface area (TPSA) is 97.8 Å². The van der Waals surface area contributed by atoms with Crippen LogP contribution in [-0.2, 0) is 9.84 Å². The summed E-state index contributed by atoms with van der Waals surface area (Å²) in [6.45, 7) is 2.87. The second-order valence-corrected chi connectivity index (χ2v) is 10.7. The number of benzene rings is 1. The number of rotatable bonds is 9. The van der Waals surface area contributed by atoms with Gasteiger partial charge in [0.2, 0.25) is 12.3 Å². The van der Waals surface area contributed by atoms with E-state index in [2.05, 4.69) is 15.0 Å². The maximum Gasteiger partial charge on any atom is 0.238 e. The van der Waals surface area contributed by atoms with E-state index in [4.69, 9.17) is 9.47 Å². The molecule has 0 spiro atoms. The summed E-state index contributed by atoms with van der Waals surface area (Å²) >= 11 is 0. The molecule has 3 aromatic rings. The number of nitrogens with zero attached hydrogens (tertiary/aromatic N) is 5. The molecule has 37 heavy (non-hydrogen) atoms. The number of alkyl halides is 1. The van der Waals surface area contributed by atoms with Crippen molar-refractivity contribution < 1.29 is 26.7 Å². The molecule has 12 heteroatoms. The SMILES string of the molecule is CCC(F)Oc1ccc(N(c2cncc(F)c2OC)C2CCN(c3ncc(S(C)(=O)=O)cn3)CC2)cc1. The fraction of sp³-hybridized carbons (Fsp3) is 0.400. The second kappa shape index (κ2) is 11.2. The van der Waals surface area contributed by atoms with Crippen LogP contribution in [0.4, 0.5) is 26.1 Å². The molecule has 1 fully saturated rings. The number of anilines is 3. The summed E-state index contributed by atoms with van der Waals surface area (Å²) in [6, 6.07) is 6.88. The van der Waals surface area contributed by atoms with E-state index < -0.39 is 22.0 Å². The van der Waals surface area contributed by atoms with E-state index in [0.29, 0.717) is 43.3 Å². The van der Waals surface area contributed by atoms with Gasteiger partial charge in [0, 0.05) is 37.5 Å². The molecule has 1 aliphatic rings. The van der Waals surface area contributed by atoms with Gasteiger partial charge in [-0.15, -0.1) is 0 Å². The summed E-state index contributed by atoms with van der Waals surface area (Å²) in [4.78, 5) is 16.5. The lowest BCUT2D eigenvalue weighted by atomic mass is 10.0. The molecule has 0 N–H and O–H groups in total. The third-order valence-electron chi connectivity index (χ3n) is 6.15. The molecule has 3 heterocycles. The highest BCUT2D eigenvalue weighted by molar-refractivity contribution is 7.90. The molecule has 4 rings (SSSR count). The third kappa shape index (κ3) is 6.07. The highest BCUT2D eigenvalue weighted by Crippen LogP contribution is 2.39. The van der Waals surface area contributed by atoms with E-state index in [1.54, 1.807) is 37.4 Å². The van der Waals surface area contributed by atoms with E-state index in [1.165, 1.54) is 19.5 Å². The Morgan fingerprint density at radius 2 is 1.76 bits per heavy atom. The first-order valence-electron chi connectivity index (χ1n) is 11.9. The zero-order valence-electron chi connectivity index (χ0n) is 20.8. The van der Waals surface area contributed by atoms with Crippen molar-refractivity contribution in [3.8, 4) is 11.5 Å². The van der Waals surface area contributed by atoms with Gasteiger partial charge in [0.25, 0.3) is 0 Å². The van der Waals surface area contributed by atoms with Crippen LogP contribution < -0.4 is 19.3 Å². The molecule has 1 saturated heterocycles. The summed E-state index contributed by atoms with van der Waals surface area (Å²) in [5.41, 5.74) is 1.22. The maximum atomic E-state index is 14.6. The number of aromatic nitrogens is 3. The molecular formula is C25H29F2N5O4S. The first-order chi connectivity index (χ1) is 17.7. The van der Waals surface area contributed by atoms with Crippen molar-refractivity contribution in [3.05, 3.63) is 54.9 Å². The zero-order valence-corrected chi connectivity index (χ0v) is 21.7. The van der Waals surface area contributed by atoms with Crippen LogP contribution in [0.15, 0.2) is 53.9 Å². The minimum atomic E-state index is -3.38. The lowest BCUT2D eigenvalue weighted by Crippen LogP contribution is -2.44. The number of ether oxygens (including phenoxy) is 2. The predicted molar refractivity (Wildman–Crippen MR) is 136 cm³/mol. The fourth-order valence-corrected chi connectivity index (χ4v) is 4.73. The molecule has 1 aromatic carbocycles. The highest BCUT2D eigenvalue weighted by atomic mass is 32.2. The zero-order chi connectivity index (χ0) is 26.6. The summed E-state index contributed by atoms with van der Waals surface area (Å²) in [5.74, 6) is 0.338. The molecule has 0 saturated carbocycles. The van der Waals surface area contributed by atoms with Crippen molar-refractivity contribution >= 4 is 27.2 Å². The molecule has 1 unspecified atom stereocenters. The molecule has 0 bridgehead atoms. The van der Waals surface area contributed by atoms with Gasteiger partial charge in [-0.3, -0.25) is 4.98 Å². The van der Waals surface area contributed by atoms with E-state index in [9.17, 15) is 17.2 Å². The van der Waals surface area contributed by atoms with Gasteiger partial charge in [-0.25, -0.2) is 27.2 Å². The average Bonchev–Trinajstić information content (AvgIpc) is 2.90. The summed E-state index contributed by atoms with van der Waals surface area (Å²) in [7, 11) is -1.98. The molecule has 2 aromatic heterocycles. The normalized spacial score (nSPS) is 15.3. The van der Waals surface area contributed by atoms with Gasteiger partial charge in [0.1, 0.15) is 16.3 Å². The number of methoxy groups -OCH3 is 1. The van der Waals surface area contributed by atoms with E-state index in [1.807, 2.05) is 9.80 Å². The number of hydrogen-bond acceptors (Lipinski definition) is 9. The molecule has 0 aliphatic carbocycles. The Hall–Kier alpha value is -3.54. The van der Waals surface area contributed by atoms with Crippen LogP contribution in [0.25, 0.3) is 0 Å². The summed E-state index contributed by atoms with van der Waals surface area (Å²) in [5, 5.41) is 0. The maximum absolute atomic E-state index is 14.6. The van der Waals surface area contributed by atoms with Gasteiger partial charge in [0.05, 0.1) is 31.9 Å². The number of piperidine rings is 1. The molecule has 1 aliphatic heterocycles. The molecular weight excluding hydrogens is 504 g/mol. The molecule has 9 nitrogen and oxygen atoms in total. The van der Waals surface area contributed by atoms with Gasteiger partial charge >= 0.3 is 0 Å². The van der Waals surface area contributed by atoms with Gasteiger partial charge in [0.15, 0.2) is 21.4 Å². The van der Waals surface area contributed by atoms with Crippen LogP contribution >= 0.6 is 0 Å². The molecule has 0 amide bonds. The van der Waals surface area contributed by atoms with Crippen LogP contribution in [0.2, 0.25) is 0 Å². The standard InChI is InChI=1S/C25H29F2N5O4S/c1-4-23(27)36-19-7-5-17(6-8-19)32(22-16-28-15-21(26)24(22)35-2)18-9-11-31(12-10-18)25-29-13-20(14-30-25)37(3,33)34/h5-8,13-16,18,23H,4,9-12H2,1-3H3. The third-order valence-corrected chi connectivity index (χ3v) is 7.22. The van der Waals surface area contributed by atoms with E-state index >= 15 is 0 Å². The Balaban J connectivity index is 1.59. The van der Waals surface area contributed by atoms with Crippen LogP contribution in [0.1, 0.15) is 26.2 Å². The fourth-order valence-electron chi connectivity index (χ4n) is 4.24. The monoisotopic (exact) mass is 533 g/mol.